The Kier molecular flexibility index (Phi) is 6.12. The van der Waals surface area contributed by atoms with Crippen LogP contribution in [0.4, 0.5) is 17.6 Å². The minimum absolute atomic E-state index is 0.0140. The molecule has 0 bridgehead atoms. The van der Waals surface area contributed by atoms with Crippen LogP contribution < -0.4 is 4.74 Å². The Morgan fingerprint density at radius 3 is 2.55 bits per heavy atom. The zero-order valence-corrected chi connectivity index (χ0v) is 15.5. The second kappa shape index (κ2) is 8.57. The summed E-state index contributed by atoms with van der Waals surface area (Å²) < 4.78 is 56.8. The molecule has 0 saturated heterocycles. The molecule has 0 aliphatic rings. The predicted molar refractivity (Wildman–Crippen MR) is 98.5 cm³/mol. The number of pyridine rings is 2. The Balaban J connectivity index is 1.97. The number of hydrogen-bond donors (Lipinski definition) is 0. The van der Waals surface area contributed by atoms with E-state index >= 15 is 0 Å². The van der Waals surface area contributed by atoms with Crippen LogP contribution in [0.25, 0.3) is 11.1 Å². The Bertz CT molecular complexity index is 1030. The summed E-state index contributed by atoms with van der Waals surface area (Å²) in [6.45, 7) is -1.59. The molecule has 4 nitrogen and oxygen atoms in total. The Morgan fingerprint density at radius 1 is 1.10 bits per heavy atom. The van der Waals surface area contributed by atoms with Gasteiger partial charge >= 0.3 is 6.18 Å². The number of rotatable bonds is 6. The quantitative estimate of drug-likeness (QED) is 0.398. The van der Waals surface area contributed by atoms with Crippen LogP contribution in [-0.2, 0) is 6.42 Å². The van der Waals surface area contributed by atoms with Gasteiger partial charge in [-0.15, -0.1) is 0 Å². The molecule has 29 heavy (non-hydrogen) atoms. The first-order chi connectivity index (χ1) is 13.7. The van der Waals surface area contributed by atoms with E-state index in [9.17, 15) is 22.4 Å². The van der Waals surface area contributed by atoms with Crippen molar-refractivity contribution in [3.63, 3.8) is 0 Å². The number of carbonyl (C=O) groups is 1. The summed E-state index contributed by atoms with van der Waals surface area (Å²) >= 11 is 5.75. The molecule has 2 aromatic heterocycles. The van der Waals surface area contributed by atoms with E-state index < -0.39 is 24.5 Å². The van der Waals surface area contributed by atoms with Crippen molar-refractivity contribution < 1.29 is 27.1 Å². The maximum atomic E-state index is 14.4. The lowest BCUT2D eigenvalue weighted by molar-refractivity contribution is -0.154. The van der Waals surface area contributed by atoms with Crippen LogP contribution in [0.3, 0.4) is 0 Å². The van der Waals surface area contributed by atoms with Crippen molar-refractivity contribution in [3.8, 4) is 17.0 Å². The van der Waals surface area contributed by atoms with Crippen LogP contribution in [0.5, 0.6) is 5.88 Å². The number of ether oxygens (including phenoxy) is 1. The zero-order chi connectivity index (χ0) is 21.0. The van der Waals surface area contributed by atoms with Crippen LogP contribution in [0, 0.1) is 5.82 Å². The van der Waals surface area contributed by atoms with Gasteiger partial charge in [-0.05, 0) is 42.0 Å². The molecule has 3 rings (SSSR count). The molecule has 0 fully saturated rings. The lowest BCUT2D eigenvalue weighted by Crippen LogP contribution is -2.20. The minimum Gasteiger partial charge on any atom is -0.468 e. The number of aromatic nitrogens is 2. The van der Waals surface area contributed by atoms with Crippen LogP contribution in [-0.4, -0.2) is 28.5 Å². The van der Waals surface area contributed by atoms with Gasteiger partial charge in [-0.3, -0.25) is 9.78 Å². The predicted octanol–water partition coefficient (Wildman–Crippen LogP) is 5.30. The molecular weight excluding hydrogens is 412 g/mol. The third-order valence-corrected chi connectivity index (χ3v) is 4.08. The third-order valence-electron chi connectivity index (χ3n) is 3.85. The van der Waals surface area contributed by atoms with E-state index in [4.69, 9.17) is 16.3 Å². The summed E-state index contributed by atoms with van der Waals surface area (Å²) in [5, 5.41) is 0.125. The van der Waals surface area contributed by atoms with Crippen molar-refractivity contribution in [2.45, 2.75) is 12.6 Å². The van der Waals surface area contributed by atoms with E-state index in [0.29, 0.717) is 11.1 Å². The molecular formula is C20H13ClF4N2O2. The molecule has 0 spiro atoms. The van der Waals surface area contributed by atoms with Gasteiger partial charge in [0.2, 0.25) is 5.88 Å². The number of alkyl halides is 3. The number of Topliss-reactive ketones (excluding diaryl/α,β-unsaturated/α-hetero) is 1. The average molecular weight is 425 g/mol. The van der Waals surface area contributed by atoms with E-state index in [1.54, 1.807) is 12.1 Å². The molecule has 9 heteroatoms. The van der Waals surface area contributed by atoms with Crippen LogP contribution >= 0.6 is 11.6 Å². The van der Waals surface area contributed by atoms with Gasteiger partial charge in [0.15, 0.2) is 12.4 Å². The number of carbonyl (C=O) groups excluding carboxylic acids is 1. The fourth-order valence-electron chi connectivity index (χ4n) is 2.57. The highest BCUT2D eigenvalue weighted by Crippen LogP contribution is 2.33. The van der Waals surface area contributed by atoms with E-state index in [2.05, 4.69) is 9.97 Å². The highest BCUT2D eigenvalue weighted by molar-refractivity contribution is 6.30. The summed E-state index contributed by atoms with van der Waals surface area (Å²) in [5.41, 5.74) is 0.682. The number of hydrogen-bond acceptors (Lipinski definition) is 4. The SMILES string of the molecule is O=C(Cc1cnc(OCC(F)(F)F)c(-c2ccc(Cl)cc2F)c1)c1cccnc1. The van der Waals surface area contributed by atoms with Crippen molar-refractivity contribution in [2.24, 2.45) is 0 Å². The van der Waals surface area contributed by atoms with Crippen LogP contribution in [0.1, 0.15) is 15.9 Å². The molecule has 0 aliphatic heterocycles. The number of halogens is 5. The van der Waals surface area contributed by atoms with Gasteiger partial charge in [0.25, 0.3) is 0 Å². The fourth-order valence-corrected chi connectivity index (χ4v) is 2.73. The lowest BCUT2D eigenvalue weighted by atomic mass is 10.0. The van der Waals surface area contributed by atoms with Gasteiger partial charge in [-0.25, -0.2) is 9.37 Å². The minimum atomic E-state index is -4.59. The van der Waals surface area contributed by atoms with Gasteiger partial charge in [-0.2, -0.15) is 13.2 Å². The molecule has 0 atom stereocenters. The molecule has 2 heterocycles. The Labute approximate surface area is 168 Å². The van der Waals surface area contributed by atoms with E-state index in [-0.39, 0.29) is 28.4 Å². The first kappa shape index (κ1) is 20.7. The molecule has 0 amide bonds. The Hall–Kier alpha value is -3.00. The molecule has 0 aliphatic carbocycles. The van der Waals surface area contributed by atoms with Crippen LogP contribution in [0.15, 0.2) is 55.0 Å². The molecule has 0 unspecified atom stereocenters. The van der Waals surface area contributed by atoms with Crippen molar-refractivity contribution in [3.05, 3.63) is 77.0 Å². The summed E-state index contributed by atoms with van der Waals surface area (Å²) in [6.07, 6.45) is -0.549. The van der Waals surface area contributed by atoms with E-state index in [1.807, 2.05) is 0 Å². The van der Waals surface area contributed by atoms with Crippen LogP contribution in [0.2, 0.25) is 5.02 Å². The van der Waals surface area contributed by atoms with E-state index in [0.717, 1.165) is 6.07 Å². The standard InChI is InChI=1S/C20H13ClF4N2O2/c21-14-3-4-15(17(22)8-14)16-6-12(7-18(28)13-2-1-5-26-10-13)9-27-19(16)29-11-20(23,24)25/h1-6,8-10H,7,11H2. The van der Waals surface area contributed by atoms with Gasteiger partial charge < -0.3 is 4.74 Å². The van der Waals surface area contributed by atoms with Gasteiger partial charge in [-0.1, -0.05) is 11.6 Å². The number of nitrogens with zero attached hydrogens (tertiary/aromatic N) is 2. The summed E-state index contributed by atoms with van der Waals surface area (Å²) in [6, 6.07) is 8.29. The molecule has 1 aromatic carbocycles. The average Bonchev–Trinajstić information content (AvgIpc) is 2.67. The number of ketones is 1. The Morgan fingerprint density at radius 2 is 1.90 bits per heavy atom. The summed E-state index contributed by atoms with van der Waals surface area (Å²) in [4.78, 5) is 20.1. The molecule has 3 aromatic rings. The monoisotopic (exact) mass is 424 g/mol. The van der Waals surface area contributed by atoms with Crippen molar-refractivity contribution in [2.75, 3.05) is 6.61 Å². The highest BCUT2D eigenvalue weighted by atomic mass is 35.5. The molecule has 150 valence electrons. The van der Waals surface area contributed by atoms with Crippen molar-refractivity contribution >= 4 is 17.4 Å². The molecule has 0 radical (unpaired) electrons. The second-order valence-electron chi connectivity index (χ2n) is 6.07. The number of benzene rings is 1. The van der Waals surface area contributed by atoms with Gasteiger partial charge in [0, 0.05) is 46.7 Å². The first-order valence-corrected chi connectivity index (χ1v) is 8.68. The van der Waals surface area contributed by atoms with E-state index in [1.165, 1.54) is 36.8 Å². The normalized spacial score (nSPS) is 11.3. The zero-order valence-electron chi connectivity index (χ0n) is 14.7. The first-order valence-electron chi connectivity index (χ1n) is 8.30. The molecule has 0 N–H and O–H groups in total. The highest BCUT2D eigenvalue weighted by Gasteiger charge is 2.29. The topological polar surface area (TPSA) is 52.1 Å². The van der Waals surface area contributed by atoms with Gasteiger partial charge in [0.05, 0.1) is 0 Å². The third kappa shape index (κ3) is 5.51. The largest absolute Gasteiger partial charge is 0.468 e. The van der Waals surface area contributed by atoms with Crippen molar-refractivity contribution in [1.29, 1.82) is 0 Å². The summed E-state index contributed by atoms with van der Waals surface area (Å²) in [7, 11) is 0. The maximum Gasteiger partial charge on any atom is 0.422 e. The smallest absolute Gasteiger partial charge is 0.422 e. The van der Waals surface area contributed by atoms with Crippen molar-refractivity contribution in [1.82, 2.24) is 9.97 Å². The van der Waals surface area contributed by atoms with Gasteiger partial charge in [0.1, 0.15) is 5.82 Å². The lowest BCUT2D eigenvalue weighted by Gasteiger charge is -2.14. The maximum absolute atomic E-state index is 14.4. The second-order valence-corrected chi connectivity index (χ2v) is 6.50. The summed E-state index contributed by atoms with van der Waals surface area (Å²) in [5.74, 6) is -1.43. The fraction of sp³-hybridized carbons (Fsp3) is 0.150. The molecule has 0 saturated carbocycles.